The third-order valence-corrected chi connectivity index (χ3v) is 8.23. The molecule has 1 atom stereocenters. The van der Waals surface area contributed by atoms with Crippen LogP contribution in [0.5, 0.6) is 0 Å². The minimum absolute atomic E-state index is 0.0497. The fourth-order valence-electron chi connectivity index (χ4n) is 5.15. The summed E-state index contributed by atoms with van der Waals surface area (Å²) in [6.45, 7) is 3.33. The summed E-state index contributed by atoms with van der Waals surface area (Å²) < 4.78 is 15.6. The quantitative estimate of drug-likeness (QED) is 0.622. The Bertz CT molecular complexity index is 1360. The number of allylic oxidation sites excluding steroid dienone is 1. The highest BCUT2D eigenvalue weighted by Gasteiger charge is 2.48. The van der Waals surface area contributed by atoms with E-state index in [1.54, 1.807) is 18.3 Å². The molecule has 4 aliphatic rings. The molecule has 1 amide bonds. The van der Waals surface area contributed by atoms with Crippen molar-refractivity contribution in [3.63, 3.8) is 0 Å². The van der Waals surface area contributed by atoms with Crippen molar-refractivity contribution in [1.82, 2.24) is 20.1 Å². The molecule has 10 heteroatoms. The first kappa shape index (κ1) is 23.9. The minimum atomic E-state index is -0.857. The molecule has 8 nitrogen and oxygen atoms in total. The Balaban J connectivity index is 1.38. The third-order valence-electron chi connectivity index (χ3n) is 7.08. The number of fused-ring (bicyclic) bond motifs is 5. The first-order chi connectivity index (χ1) is 18.0. The molecule has 4 aliphatic heterocycles. The van der Waals surface area contributed by atoms with Gasteiger partial charge in [0, 0.05) is 37.1 Å². The van der Waals surface area contributed by atoms with Gasteiger partial charge in [0.2, 0.25) is 0 Å². The van der Waals surface area contributed by atoms with Gasteiger partial charge in [-0.15, -0.1) is 0 Å². The maximum Gasteiger partial charge on any atom is 0.257 e. The number of amides is 1. The van der Waals surface area contributed by atoms with Gasteiger partial charge in [0.25, 0.3) is 5.91 Å². The zero-order valence-electron chi connectivity index (χ0n) is 20.5. The molecule has 0 radical (unpaired) electrons. The number of pyridine rings is 1. The maximum absolute atomic E-state index is 15.6. The van der Waals surface area contributed by atoms with Crippen LogP contribution in [0.25, 0.3) is 0 Å². The number of para-hydroxylation sites is 1. The number of nitrogens with zero attached hydrogens (tertiary/aromatic N) is 5. The van der Waals surface area contributed by atoms with E-state index in [0.717, 1.165) is 30.1 Å². The number of hydrogen-bond acceptors (Lipinski definition) is 8. The van der Waals surface area contributed by atoms with Crippen molar-refractivity contribution in [3.8, 4) is 0 Å². The Morgan fingerprint density at radius 1 is 1.14 bits per heavy atom. The smallest absolute Gasteiger partial charge is 0.257 e. The zero-order valence-corrected chi connectivity index (χ0v) is 21.3. The van der Waals surface area contributed by atoms with Crippen LogP contribution < -0.4 is 10.2 Å². The van der Waals surface area contributed by atoms with Crippen molar-refractivity contribution in [2.75, 3.05) is 38.1 Å². The Labute approximate surface area is 218 Å². The van der Waals surface area contributed by atoms with Crippen LogP contribution in [0.4, 0.5) is 10.1 Å². The molecule has 0 spiro atoms. The summed E-state index contributed by atoms with van der Waals surface area (Å²) in [6.07, 6.45) is 2.46. The lowest BCUT2D eigenvalue weighted by atomic mass is 9.87. The minimum Gasteiger partial charge on any atom is -0.353 e. The second kappa shape index (κ2) is 9.75. The molecule has 0 saturated carbocycles. The largest absolute Gasteiger partial charge is 0.353 e. The van der Waals surface area contributed by atoms with Gasteiger partial charge < -0.3 is 15.1 Å². The fraction of sp³-hybridized carbons (Fsp3) is 0.333. The number of aliphatic imine (C=N–C) groups is 1. The summed E-state index contributed by atoms with van der Waals surface area (Å²) in [7, 11) is 2.06. The van der Waals surface area contributed by atoms with Crippen molar-refractivity contribution in [1.29, 1.82) is 0 Å². The summed E-state index contributed by atoms with van der Waals surface area (Å²) in [5, 5.41) is 3.36. The van der Waals surface area contributed by atoms with Gasteiger partial charge in [0.05, 0.1) is 23.8 Å². The lowest BCUT2D eigenvalue weighted by Crippen LogP contribution is -2.48. The molecule has 1 aromatic carbocycles. The van der Waals surface area contributed by atoms with Crippen LogP contribution in [0.2, 0.25) is 0 Å². The molecule has 0 bridgehead atoms. The second-order valence-corrected chi connectivity index (χ2v) is 10.6. The van der Waals surface area contributed by atoms with Gasteiger partial charge in [0.1, 0.15) is 22.3 Å². The Morgan fingerprint density at radius 3 is 2.81 bits per heavy atom. The van der Waals surface area contributed by atoms with E-state index in [9.17, 15) is 9.59 Å². The van der Waals surface area contributed by atoms with E-state index >= 15 is 4.39 Å². The van der Waals surface area contributed by atoms with Crippen LogP contribution in [-0.4, -0.2) is 65.5 Å². The standard InChI is InChI=1S/C27H27FN6O2S/c1-32-11-6-12-33(14-13-32)25-19(28)15-18-23(35)22(26(36)30-16-17-7-4-5-10-29-17)27-34(24(18)31-25)20-8-2-3-9-21(20)37-27/h2-5,7-10,18H,6,11-16H2,1H3,(H,30,36). The number of nitrogens with one attached hydrogen (secondary N) is 1. The molecule has 37 heavy (non-hydrogen) atoms. The number of halogens is 1. The average molecular weight is 519 g/mol. The van der Waals surface area contributed by atoms with E-state index < -0.39 is 23.4 Å². The predicted octanol–water partition coefficient (Wildman–Crippen LogP) is 3.30. The van der Waals surface area contributed by atoms with E-state index in [2.05, 4.69) is 22.2 Å². The Morgan fingerprint density at radius 2 is 1.97 bits per heavy atom. The lowest BCUT2D eigenvalue weighted by Gasteiger charge is -2.37. The maximum atomic E-state index is 15.6. The number of carbonyl (C=O) groups is 2. The summed E-state index contributed by atoms with van der Waals surface area (Å²) in [5.41, 5.74) is 1.59. The number of thioether (sulfide) groups is 1. The summed E-state index contributed by atoms with van der Waals surface area (Å²) in [4.78, 5) is 43.2. The molecule has 190 valence electrons. The van der Waals surface area contributed by atoms with Gasteiger partial charge in [-0.05, 0) is 44.3 Å². The third kappa shape index (κ3) is 4.34. The number of Topliss-reactive ketones (excluding diaryl/α,β-unsaturated/α-hetero) is 1. The van der Waals surface area contributed by atoms with Crippen LogP contribution in [0.3, 0.4) is 0 Å². The lowest BCUT2D eigenvalue weighted by molar-refractivity contribution is -0.123. The molecule has 1 aromatic heterocycles. The van der Waals surface area contributed by atoms with Crippen LogP contribution in [0, 0.1) is 5.92 Å². The van der Waals surface area contributed by atoms with Crippen LogP contribution in [0.1, 0.15) is 18.5 Å². The highest BCUT2D eigenvalue weighted by atomic mass is 32.2. The van der Waals surface area contributed by atoms with Crippen LogP contribution in [-0.2, 0) is 16.1 Å². The van der Waals surface area contributed by atoms with Gasteiger partial charge in [-0.3, -0.25) is 19.5 Å². The number of amidine groups is 1. The molecular formula is C27H27FN6O2S. The average Bonchev–Trinajstić information content (AvgIpc) is 3.15. The number of ketones is 1. The summed E-state index contributed by atoms with van der Waals surface area (Å²) in [6, 6.07) is 13.2. The van der Waals surface area contributed by atoms with E-state index in [1.165, 1.54) is 11.8 Å². The van der Waals surface area contributed by atoms with Gasteiger partial charge in [-0.25, -0.2) is 9.38 Å². The van der Waals surface area contributed by atoms with Crippen molar-refractivity contribution in [2.45, 2.75) is 24.3 Å². The summed E-state index contributed by atoms with van der Waals surface area (Å²) >= 11 is 1.38. The number of anilines is 1. The molecule has 1 N–H and O–H groups in total. The Kier molecular flexibility index (Phi) is 6.29. The highest BCUT2D eigenvalue weighted by Crippen LogP contribution is 2.52. The van der Waals surface area contributed by atoms with Crippen molar-refractivity contribution < 1.29 is 14.0 Å². The van der Waals surface area contributed by atoms with Gasteiger partial charge >= 0.3 is 0 Å². The SMILES string of the molecule is CN1CCCN(C2=C(F)CC3C(=O)C(C(=O)NCc4ccccn4)=C4Sc5ccccc5N4C3=N2)CC1. The first-order valence-corrected chi connectivity index (χ1v) is 13.3. The van der Waals surface area contributed by atoms with E-state index in [1.807, 2.05) is 40.1 Å². The number of hydrogen-bond donors (Lipinski definition) is 1. The molecule has 1 saturated heterocycles. The second-order valence-electron chi connectivity index (χ2n) is 9.55. The van der Waals surface area contributed by atoms with Crippen LogP contribution >= 0.6 is 11.8 Å². The number of rotatable bonds is 4. The monoisotopic (exact) mass is 518 g/mol. The molecule has 0 aliphatic carbocycles. The molecule has 6 rings (SSSR count). The fourth-order valence-corrected chi connectivity index (χ4v) is 6.35. The van der Waals surface area contributed by atoms with Gasteiger partial charge in [-0.1, -0.05) is 30.0 Å². The number of aromatic nitrogens is 1. The van der Waals surface area contributed by atoms with Crippen molar-refractivity contribution >= 4 is 35.0 Å². The molecule has 1 unspecified atom stereocenters. The summed E-state index contributed by atoms with van der Waals surface area (Å²) in [5.74, 6) is -1.33. The topological polar surface area (TPSA) is 81.1 Å². The Hall–Kier alpha value is -3.50. The van der Waals surface area contributed by atoms with E-state index in [-0.39, 0.29) is 18.5 Å². The molecular weight excluding hydrogens is 491 g/mol. The van der Waals surface area contributed by atoms with E-state index in [0.29, 0.717) is 35.5 Å². The van der Waals surface area contributed by atoms with Gasteiger partial charge in [-0.2, -0.15) is 0 Å². The van der Waals surface area contributed by atoms with E-state index in [4.69, 9.17) is 4.99 Å². The first-order valence-electron chi connectivity index (χ1n) is 12.5. The van der Waals surface area contributed by atoms with Crippen molar-refractivity contribution in [2.24, 2.45) is 10.9 Å². The zero-order chi connectivity index (χ0) is 25.5. The normalized spacial score (nSPS) is 21.8. The van der Waals surface area contributed by atoms with Crippen molar-refractivity contribution in [3.05, 3.63) is 76.6 Å². The highest BCUT2D eigenvalue weighted by molar-refractivity contribution is 8.04. The number of likely N-dealkylation sites (N-methyl/N-ethyl adjacent to an activating group) is 1. The molecule has 1 fully saturated rings. The van der Waals surface area contributed by atoms with Crippen LogP contribution in [0.15, 0.2) is 80.8 Å². The predicted molar refractivity (Wildman–Crippen MR) is 140 cm³/mol. The molecule has 5 heterocycles. The number of benzene rings is 1. The molecule has 2 aromatic rings. The van der Waals surface area contributed by atoms with Gasteiger partial charge in [0.15, 0.2) is 11.6 Å². The number of carbonyl (C=O) groups excluding carboxylic acids is 2.